The van der Waals surface area contributed by atoms with E-state index in [1.54, 1.807) is 0 Å². The third-order valence-corrected chi connectivity index (χ3v) is 13.1. The molecule has 0 unspecified atom stereocenters. The van der Waals surface area contributed by atoms with Crippen LogP contribution in [0.15, 0.2) is 0 Å². The number of hydrogen-bond donors (Lipinski definition) is 18. The third-order valence-electron chi connectivity index (χ3n) is 13.1. The molecule has 2 amide bonds. The van der Waals surface area contributed by atoms with Crippen LogP contribution in [0.1, 0.15) is 27.7 Å². The fourth-order valence-electron chi connectivity index (χ4n) is 9.10. The summed E-state index contributed by atoms with van der Waals surface area (Å²) < 4.78 is 64.0. The van der Waals surface area contributed by atoms with Crippen LogP contribution in [0.5, 0.6) is 0 Å². The normalized spacial score (nSPS) is 50.8. The van der Waals surface area contributed by atoms with Crippen LogP contribution >= 0.6 is 0 Å². The summed E-state index contributed by atoms with van der Waals surface area (Å²) in [7, 11) is 0. The SMILES string of the molecule is CC(=O)N[C@@H]1[C@@H](O[C@@H]2O[C@@H](C)[C@@H](O)[C@@H](O)[C@@H]2O)[C@H](O[C@@H]2O[C@H](CO)[C@@H](O[C@H]3O[C@H](CO)[C@@H](O)[C@H](O[C@H]4O[C@H](CO)[C@@H](O)[C@H](O)[C@@H]4O)[C@@H]3O)[C@H](O)[C@H]2NC(C)=O)[C@@H](CO[C@@H]2O[C@@H](C)[C@@H](O)[C@@H](O)[C@@H]2O)O[C@H]1O. The van der Waals surface area contributed by atoms with Gasteiger partial charge in [0.1, 0.15) is 134 Å². The number of rotatable bonds is 16. The Hall–Kier alpha value is -2.14. The number of aliphatic hydroxyl groups excluding tert-OH is 16. The van der Waals surface area contributed by atoms with E-state index in [4.69, 9.17) is 52.1 Å². The molecular formula is C40H68N2O29. The van der Waals surface area contributed by atoms with Crippen LogP contribution in [-0.4, -0.2) is 304 Å². The van der Waals surface area contributed by atoms with Crippen molar-refractivity contribution >= 4 is 11.8 Å². The molecule has 18 N–H and O–H groups in total. The Morgan fingerprint density at radius 2 is 0.817 bits per heavy atom. The van der Waals surface area contributed by atoms with Crippen molar-refractivity contribution in [2.24, 2.45) is 0 Å². The molecule has 6 saturated heterocycles. The summed E-state index contributed by atoms with van der Waals surface area (Å²) in [4.78, 5) is 25.4. The highest BCUT2D eigenvalue weighted by Gasteiger charge is 2.58. The number of amides is 2. The lowest BCUT2D eigenvalue weighted by Crippen LogP contribution is -2.71. The summed E-state index contributed by atoms with van der Waals surface area (Å²) in [6.07, 6.45) is -50.5. The zero-order chi connectivity index (χ0) is 52.5. The van der Waals surface area contributed by atoms with Crippen molar-refractivity contribution < 1.29 is 143 Å². The van der Waals surface area contributed by atoms with Crippen LogP contribution in [0.25, 0.3) is 0 Å². The zero-order valence-electron chi connectivity index (χ0n) is 38.6. The van der Waals surface area contributed by atoms with Crippen LogP contribution in [0.3, 0.4) is 0 Å². The largest absolute Gasteiger partial charge is 0.394 e. The smallest absolute Gasteiger partial charge is 0.217 e. The molecule has 30 atom stereocenters. The molecule has 0 aromatic carbocycles. The first-order valence-corrected chi connectivity index (χ1v) is 22.8. The second kappa shape index (κ2) is 24.7. The van der Waals surface area contributed by atoms with Crippen LogP contribution in [-0.2, 0) is 61.7 Å². The van der Waals surface area contributed by atoms with Crippen molar-refractivity contribution in [1.82, 2.24) is 10.6 Å². The fourth-order valence-corrected chi connectivity index (χ4v) is 9.10. The Morgan fingerprint density at radius 1 is 0.394 bits per heavy atom. The van der Waals surface area contributed by atoms with E-state index in [0.29, 0.717) is 0 Å². The molecular weight excluding hydrogens is 972 g/mol. The van der Waals surface area contributed by atoms with Crippen LogP contribution in [0.4, 0.5) is 0 Å². The predicted octanol–water partition coefficient (Wildman–Crippen LogP) is -11.8. The summed E-state index contributed by atoms with van der Waals surface area (Å²) in [5.74, 6) is -1.64. The number of carbonyl (C=O) groups is 2. The van der Waals surface area contributed by atoms with E-state index < -0.39 is 222 Å². The van der Waals surface area contributed by atoms with E-state index in [1.165, 1.54) is 13.8 Å². The first kappa shape index (κ1) is 58.1. The molecule has 412 valence electrons. The second-order valence-electron chi connectivity index (χ2n) is 18.2. The number of nitrogens with one attached hydrogen (secondary N) is 2. The summed E-state index contributed by atoms with van der Waals surface area (Å²) in [5.41, 5.74) is 0. The van der Waals surface area contributed by atoms with Gasteiger partial charge in [0.25, 0.3) is 0 Å². The highest BCUT2D eigenvalue weighted by atomic mass is 16.8. The molecule has 0 aliphatic carbocycles. The summed E-state index contributed by atoms with van der Waals surface area (Å²) in [6.45, 7) is 1.07. The van der Waals surface area contributed by atoms with Gasteiger partial charge in [0.2, 0.25) is 11.8 Å². The molecule has 0 aromatic rings. The lowest BCUT2D eigenvalue weighted by Gasteiger charge is -2.51. The van der Waals surface area contributed by atoms with E-state index in [2.05, 4.69) is 10.6 Å². The van der Waals surface area contributed by atoms with Crippen molar-refractivity contribution in [2.75, 3.05) is 26.4 Å². The molecule has 71 heavy (non-hydrogen) atoms. The van der Waals surface area contributed by atoms with Crippen LogP contribution in [0, 0.1) is 0 Å². The highest BCUT2D eigenvalue weighted by Crippen LogP contribution is 2.37. The van der Waals surface area contributed by atoms with Crippen molar-refractivity contribution in [3.63, 3.8) is 0 Å². The molecule has 0 saturated carbocycles. The molecule has 0 aromatic heterocycles. The number of ether oxygens (including phenoxy) is 11. The fraction of sp³-hybridized carbons (Fsp3) is 0.950. The lowest BCUT2D eigenvalue weighted by molar-refractivity contribution is -0.385. The van der Waals surface area contributed by atoms with Crippen molar-refractivity contribution in [3.05, 3.63) is 0 Å². The molecule has 6 fully saturated rings. The van der Waals surface area contributed by atoms with E-state index in [1.807, 2.05) is 0 Å². The van der Waals surface area contributed by atoms with Crippen molar-refractivity contribution in [3.8, 4) is 0 Å². The maximum atomic E-state index is 12.8. The monoisotopic (exact) mass is 1040 g/mol. The van der Waals surface area contributed by atoms with E-state index in [-0.39, 0.29) is 0 Å². The van der Waals surface area contributed by atoms with Gasteiger partial charge in [-0.25, -0.2) is 0 Å². The van der Waals surface area contributed by atoms with Gasteiger partial charge in [-0.2, -0.15) is 0 Å². The maximum Gasteiger partial charge on any atom is 0.217 e. The van der Waals surface area contributed by atoms with Gasteiger partial charge in [-0.1, -0.05) is 0 Å². The van der Waals surface area contributed by atoms with Gasteiger partial charge in [-0.05, 0) is 13.8 Å². The molecule has 6 heterocycles. The number of carbonyl (C=O) groups excluding carboxylic acids is 2. The van der Waals surface area contributed by atoms with Gasteiger partial charge in [0, 0.05) is 13.8 Å². The molecule has 0 spiro atoms. The molecule has 6 aliphatic rings. The van der Waals surface area contributed by atoms with Gasteiger partial charge < -0.3 is 144 Å². The van der Waals surface area contributed by atoms with Gasteiger partial charge in [0.05, 0.1) is 38.6 Å². The topological polar surface area (TPSA) is 483 Å². The quantitative estimate of drug-likeness (QED) is 0.0682. The predicted molar refractivity (Wildman–Crippen MR) is 220 cm³/mol. The minimum atomic E-state index is -2.14. The van der Waals surface area contributed by atoms with Crippen molar-refractivity contribution in [2.45, 2.75) is 212 Å². The first-order chi connectivity index (χ1) is 33.4. The number of aliphatic hydroxyl groups is 16. The third kappa shape index (κ3) is 12.6. The maximum absolute atomic E-state index is 12.8. The van der Waals surface area contributed by atoms with Crippen LogP contribution in [0.2, 0.25) is 0 Å². The average molecular weight is 1040 g/mol. The van der Waals surface area contributed by atoms with Gasteiger partial charge in [0.15, 0.2) is 37.7 Å². The molecule has 0 radical (unpaired) electrons. The number of hydrogen-bond acceptors (Lipinski definition) is 29. The Bertz CT molecular complexity index is 1710. The van der Waals surface area contributed by atoms with Gasteiger partial charge >= 0.3 is 0 Å². The summed E-state index contributed by atoms with van der Waals surface area (Å²) in [5, 5.41) is 176. The molecule has 31 heteroatoms. The second-order valence-corrected chi connectivity index (χ2v) is 18.2. The molecule has 6 rings (SSSR count). The van der Waals surface area contributed by atoms with Crippen molar-refractivity contribution in [1.29, 1.82) is 0 Å². The first-order valence-electron chi connectivity index (χ1n) is 22.8. The van der Waals surface area contributed by atoms with Gasteiger partial charge in [-0.3, -0.25) is 9.59 Å². The Morgan fingerprint density at radius 3 is 1.37 bits per heavy atom. The minimum Gasteiger partial charge on any atom is -0.394 e. The Labute approximate surface area is 403 Å². The summed E-state index contributed by atoms with van der Waals surface area (Å²) in [6, 6.07) is -3.49. The highest BCUT2D eigenvalue weighted by molar-refractivity contribution is 5.73. The van der Waals surface area contributed by atoms with Gasteiger partial charge in [-0.15, -0.1) is 0 Å². The zero-order valence-corrected chi connectivity index (χ0v) is 38.6. The summed E-state index contributed by atoms with van der Waals surface area (Å²) >= 11 is 0. The molecule has 0 bridgehead atoms. The lowest BCUT2D eigenvalue weighted by atomic mass is 9.93. The van der Waals surface area contributed by atoms with E-state index >= 15 is 0 Å². The van der Waals surface area contributed by atoms with E-state index in [0.717, 1.165) is 13.8 Å². The standard InChI is InChI=1S/C40H68N2O29/c1-9-19(48)24(53)27(56)37(62-9)61-8-16-32(33(18(35(60)64-16)42-12(4)47)70-38-28(57)25(54)20(49)10(2)63-38)69-36-17(41-11(3)46)23(52)31(15(7-45)67-36)68-40-30(59)34(22(51)14(6-44)66-40)71-39-29(58)26(55)21(50)13(5-43)65-39/h9-10,13-40,43-45,48-60H,5-8H2,1-4H3,(H,41,46)(H,42,47)/t9-,10-,13+,14+,15+,16+,17+,18+,19+,20+,21+,22+,23+,24+,25+,26-,27-,28-,29-,30-,31+,32+,33+,34-,35+,36-,37+,38-,39+,40+/m0/s1. The Kier molecular flexibility index (Phi) is 20.2. The Balaban J connectivity index is 1.31. The minimum absolute atomic E-state index is 0.784. The molecule has 31 nitrogen and oxygen atoms in total. The van der Waals surface area contributed by atoms with E-state index in [9.17, 15) is 91.3 Å². The molecule has 6 aliphatic heterocycles. The average Bonchev–Trinajstić information content (AvgIpc) is 3.32. The van der Waals surface area contributed by atoms with Crippen LogP contribution < -0.4 is 10.6 Å².